The van der Waals surface area contributed by atoms with Crippen molar-refractivity contribution in [2.24, 2.45) is 0 Å². The van der Waals surface area contributed by atoms with E-state index in [2.05, 4.69) is 24.7 Å². The minimum Gasteiger partial charge on any atom is -0.241 e. The van der Waals surface area contributed by atoms with Crippen LogP contribution >= 0.6 is 0 Å². The molecule has 13 heavy (non-hydrogen) atoms. The summed E-state index contributed by atoms with van der Waals surface area (Å²) in [4.78, 5) is 0. The maximum absolute atomic E-state index is 4.13. The fraction of sp³-hybridized carbons (Fsp3) is 0.182. The van der Waals surface area contributed by atoms with Crippen LogP contribution in [-0.4, -0.2) is 9.61 Å². The van der Waals surface area contributed by atoms with Gasteiger partial charge in [-0.15, -0.1) is 0 Å². The number of rotatable bonds is 2. The van der Waals surface area contributed by atoms with E-state index in [4.69, 9.17) is 0 Å². The van der Waals surface area contributed by atoms with Crippen molar-refractivity contribution >= 4 is 11.1 Å². The molecule has 2 aromatic heterocycles. The molecule has 2 nitrogen and oxygen atoms in total. The molecule has 0 saturated carbocycles. The van der Waals surface area contributed by atoms with Gasteiger partial charge in [-0.2, -0.15) is 5.10 Å². The van der Waals surface area contributed by atoms with E-state index in [1.807, 2.05) is 22.8 Å². The van der Waals surface area contributed by atoms with Crippen LogP contribution in [0.1, 0.15) is 18.9 Å². The number of hydrogen-bond acceptors (Lipinski definition) is 1. The molecule has 0 bridgehead atoms. The van der Waals surface area contributed by atoms with Gasteiger partial charge in [0.05, 0.1) is 5.52 Å². The number of hydrogen-bond donors (Lipinski definition) is 0. The summed E-state index contributed by atoms with van der Waals surface area (Å²) in [5.74, 6) is 0. The van der Waals surface area contributed by atoms with E-state index >= 15 is 0 Å². The highest BCUT2D eigenvalue weighted by molar-refractivity contribution is 5.67. The molecule has 0 aromatic carbocycles. The van der Waals surface area contributed by atoms with Crippen molar-refractivity contribution in [3.05, 3.63) is 42.7 Å². The number of fused-ring (bicyclic) bond motifs is 1. The molecule has 66 valence electrons. The van der Waals surface area contributed by atoms with Gasteiger partial charge in [0.2, 0.25) is 0 Å². The van der Waals surface area contributed by atoms with Gasteiger partial charge in [0.15, 0.2) is 0 Å². The second kappa shape index (κ2) is 3.05. The normalized spacial score (nSPS) is 10.5. The molecule has 0 atom stereocenters. The summed E-state index contributed by atoms with van der Waals surface area (Å²) in [6.45, 7) is 6.12. The zero-order valence-corrected chi connectivity index (χ0v) is 7.70. The molecule has 0 aliphatic heterocycles. The third-order valence-electron chi connectivity index (χ3n) is 2.23. The lowest BCUT2D eigenvalue weighted by Gasteiger charge is -2.02. The second-order valence-corrected chi connectivity index (χ2v) is 3.07. The van der Waals surface area contributed by atoms with Crippen LogP contribution in [-0.2, 0) is 0 Å². The van der Waals surface area contributed by atoms with Crippen molar-refractivity contribution in [3.63, 3.8) is 0 Å². The summed E-state index contributed by atoms with van der Waals surface area (Å²) in [5.41, 5.74) is 3.49. The monoisotopic (exact) mass is 172 g/mol. The first kappa shape index (κ1) is 8.05. The molecule has 0 saturated heterocycles. The van der Waals surface area contributed by atoms with E-state index in [-0.39, 0.29) is 0 Å². The van der Waals surface area contributed by atoms with Gasteiger partial charge < -0.3 is 0 Å². The Hall–Kier alpha value is -1.57. The molecule has 2 rings (SSSR count). The van der Waals surface area contributed by atoms with Crippen LogP contribution in [0, 0.1) is 0 Å². The van der Waals surface area contributed by atoms with Crippen molar-refractivity contribution in [1.82, 2.24) is 9.61 Å². The molecular formula is C11H12N2. The highest BCUT2D eigenvalue weighted by Gasteiger charge is 1.98. The van der Waals surface area contributed by atoms with Gasteiger partial charge in [0.1, 0.15) is 0 Å². The zero-order chi connectivity index (χ0) is 9.26. The molecule has 0 fully saturated rings. The van der Waals surface area contributed by atoms with Gasteiger partial charge in [-0.3, -0.25) is 0 Å². The number of allylic oxidation sites excluding steroid dienone is 1. The number of aromatic nitrogens is 2. The molecule has 2 heteroatoms. The smallest absolute Gasteiger partial charge is 0.0667 e. The molecule has 2 heterocycles. The maximum atomic E-state index is 4.13. The zero-order valence-electron chi connectivity index (χ0n) is 7.70. The van der Waals surface area contributed by atoms with E-state index in [0.717, 1.165) is 11.9 Å². The summed E-state index contributed by atoms with van der Waals surface area (Å²) in [6.07, 6.45) is 4.75. The first-order chi connectivity index (χ1) is 6.31. The Morgan fingerprint density at radius 1 is 1.54 bits per heavy atom. The average molecular weight is 172 g/mol. The van der Waals surface area contributed by atoms with Crippen LogP contribution < -0.4 is 0 Å². The van der Waals surface area contributed by atoms with Crippen LogP contribution in [0.3, 0.4) is 0 Å². The van der Waals surface area contributed by atoms with Gasteiger partial charge in [0, 0.05) is 12.4 Å². The van der Waals surface area contributed by atoms with E-state index in [9.17, 15) is 0 Å². The molecule has 2 aromatic rings. The van der Waals surface area contributed by atoms with Gasteiger partial charge in [-0.05, 0) is 35.8 Å². The summed E-state index contributed by atoms with van der Waals surface area (Å²) < 4.78 is 1.85. The van der Waals surface area contributed by atoms with Crippen molar-refractivity contribution in [1.29, 1.82) is 0 Å². The molecule has 0 amide bonds. The van der Waals surface area contributed by atoms with Crippen molar-refractivity contribution in [2.75, 3.05) is 0 Å². The predicted octanol–water partition coefficient (Wildman–Crippen LogP) is 2.76. The lowest BCUT2D eigenvalue weighted by atomic mass is 10.1. The minimum absolute atomic E-state index is 0.990. The second-order valence-electron chi connectivity index (χ2n) is 3.07. The largest absolute Gasteiger partial charge is 0.241 e. The standard InChI is InChI=1S/C11H12N2/c1-3-9(2)10-5-7-13-11(8-10)4-6-12-13/h4-8H,2-3H2,1H3. The van der Waals surface area contributed by atoms with Crippen LogP contribution in [0.15, 0.2) is 37.2 Å². The molecule has 0 unspecified atom stereocenters. The Balaban J connectivity index is 2.54. The molecule has 0 radical (unpaired) electrons. The van der Waals surface area contributed by atoms with Crippen LogP contribution in [0.2, 0.25) is 0 Å². The lowest BCUT2D eigenvalue weighted by Crippen LogP contribution is -1.88. The summed E-state index contributed by atoms with van der Waals surface area (Å²) in [6, 6.07) is 6.15. The fourth-order valence-corrected chi connectivity index (χ4v) is 1.35. The van der Waals surface area contributed by atoms with E-state index in [1.165, 1.54) is 11.1 Å². The Morgan fingerprint density at radius 2 is 2.38 bits per heavy atom. The van der Waals surface area contributed by atoms with E-state index in [1.54, 1.807) is 6.20 Å². The topological polar surface area (TPSA) is 17.3 Å². The van der Waals surface area contributed by atoms with E-state index < -0.39 is 0 Å². The predicted molar refractivity (Wildman–Crippen MR) is 54.5 cm³/mol. The summed E-state index contributed by atoms with van der Waals surface area (Å²) in [5, 5.41) is 4.13. The highest BCUT2D eigenvalue weighted by Crippen LogP contribution is 2.16. The molecule has 0 N–H and O–H groups in total. The van der Waals surface area contributed by atoms with Crippen molar-refractivity contribution in [2.45, 2.75) is 13.3 Å². The van der Waals surface area contributed by atoms with Crippen LogP contribution in [0.4, 0.5) is 0 Å². The Morgan fingerprint density at radius 3 is 3.15 bits per heavy atom. The van der Waals surface area contributed by atoms with Crippen LogP contribution in [0.25, 0.3) is 11.1 Å². The van der Waals surface area contributed by atoms with Gasteiger partial charge >= 0.3 is 0 Å². The SMILES string of the molecule is C=C(CC)c1ccn2nccc2c1. The third kappa shape index (κ3) is 1.35. The molecule has 0 spiro atoms. The number of pyridine rings is 1. The Bertz CT molecular complexity index is 440. The molecule has 0 aliphatic rings. The molecule has 0 aliphatic carbocycles. The Labute approximate surface area is 77.5 Å². The van der Waals surface area contributed by atoms with Crippen LogP contribution in [0.5, 0.6) is 0 Å². The van der Waals surface area contributed by atoms with Gasteiger partial charge in [-0.1, -0.05) is 13.5 Å². The minimum atomic E-state index is 0.990. The average Bonchev–Trinajstić information content (AvgIpc) is 2.63. The van der Waals surface area contributed by atoms with Crippen molar-refractivity contribution in [3.8, 4) is 0 Å². The van der Waals surface area contributed by atoms with E-state index in [0.29, 0.717) is 0 Å². The maximum Gasteiger partial charge on any atom is 0.0667 e. The van der Waals surface area contributed by atoms with Gasteiger partial charge in [0.25, 0.3) is 0 Å². The number of nitrogens with zero attached hydrogens (tertiary/aromatic N) is 2. The summed E-state index contributed by atoms with van der Waals surface area (Å²) >= 11 is 0. The lowest BCUT2D eigenvalue weighted by molar-refractivity contribution is 0.959. The van der Waals surface area contributed by atoms with Gasteiger partial charge in [-0.25, -0.2) is 4.52 Å². The molecular weight excluding hydrogens is 160 g/mol. The third-order valence-corrected chi connectivity index (χ3v) is 2.23. The first-order valence-electron chi connectivity index (χ1n) is 4.43. The Kier molecular flexibility index (Phi) is 1.89. The fourth-order valence-electron chi connectivity index (χ4n) is 1.35. The highest BCUT2D eigenvalue weighted by atomic mass is 15.2. The summed E-state index contributed by atoms with van der Waals surface area (Å²) in [7, 11) is 0. The quantitative estimate of drug-likeness (QED) is 0.680. The first-order valence-corrected chi connectivity index (χ1v) is 4.43. The van der Waals surface area contributed by atoms with Crippen molar-refractivity contribution < 1.29 is 0 Å².